The zero-order valence-electron chi connectivity index (χ0n) is 16.9. The number of nitrogens with zero attached hydrogens (tertiary/aromatic N) is 1. The Morgan fingerprint density at radius 1 is 0.938 bits per heavy atom. The first kappa shape index (κ1) is 20.3. The first-order chi connectivity index (χ1) is 15.2. The van der Waals surface area contributed by atoms with Crippen LogP contribution >= 0.6 is 0 Å². The molecule has 1 aliphatic rings. The van der Waals surface area contributed by atoms with Gasteiger partial charge in [0, 0.05) is 35.3 Å². The molecule has 0 unspecified atom stereocenters. The fourth-order valence-corrected chi connectivity index (χ4v) is 4.55. The van der Waals surface area contributed by atoms with Crippen molar-refractivity contribution in [1.29, 1.82) is 0 Å². The van der Waals surface area contributed by atoms with Crippen LogP contribution in [0.4, 0.5) is 17.6 Å². The predicted octanol–water partition coefficient (Wildman–Crippen LogP) is 4.72. The molecule has 0 fully saturated rings. The Bertz CT molecular complexity index is 1440. The second kappa shape index (κ2) is 7.22. The highest BCUT2D eigenvalue weighted by Gasteiger charge is 2.31. The summed E-state index contributed by atoms with van der Waals surface area (Å²) in [7, 11) is 1.56. The Hall–Kier alpha value is -3.62. The number of hydrogen-bond acceptors (Lipinski definition) is 2. The summed E-state index contributed by atoms with van der Waals surface area (Å²) >= 11 is 0. The summed E-state index contributed by atoms with van der Waals surface area (Å²) in [5.41, 5.74) is 1.02. The monoisotopic (exact) mass is 443 g/mol. The number of carbonyl (C=O) groups excluding carboxylic acids is 1. The van der Waals surface area contributed by atoms with E-state index in [0.717, 1.165) is 24.3 Å². The van der Waals surface area contributed by atoms with Gasteiger partial charge in [0.1, 0.15) is 5.69 Å². The van der Waals surface area contributed by atoms with Crippen molar-refractivity contribution in [1.82, 2.24) is 14.9 Å². The number of carbonyl (C=O) groups is 1. The van der Waals surface area contributed by atoms with Crippen molar-refractivity contribution in [2.75, 3.05) is 7.05 Å². The van der Waals surface area contributed by atoms with E-state index in [-0.39, 0.29) is 22.0 Å². The number of aromatic nitrogens is 2. The van der Waals surface area contributed by atoms with Gasteiger partial charge in [-0.25, -0.2) is 17.6 Å². The van der Waals surface area contributed by atoms with Gasteiger partial charge in [-0.15, -0.1) is 0 Å². The minimum atomic E-state index is -1.13. The van der Waals surface area contributed by atoms with Gasteiger partial charge in [-0.1, -0.05) is 0 Å². The van der Waals surface area contributed by atoms with Gasteiger partial charge in [-0.05, 0) is 48.9 Å². The number of pyridine rings is 1. The molecule has 2 aromatic heterocycles. The van der Waals surface area contributed by atoms with Crippen LogP contribution in [0.3, 0.4) is 0 Å². The lowest BCUT2D eigenvalue weighted by Crippen LogP contribution is -2.34. The first-order valence-electron chi connectivity index (χ1n) is 10.0. The highest BCUT2D eigenvalue weighted by atomic mass is 19.2. The Labute approximate surface area is 178 Å². The molecule has 9 heteroatoms. The quantitative estimate of drug-likeness (QED) is 0.441. The van der Waals surface area contributed by atoms with E-state index in [2.05, 4.69) is 9.97 Å². The van der Waals surface area contributed by atoms with Gasteiger partial charge in [0.25, 0.3) is 11.5 Å². The summed E-state index contributed by atoms with van der Waals surface area (Å²) in [4.78, 5) is 32.6. The second-order valence-corrected chi connectivity index (χ2v) is 8.02. The second-order valence-electron chi connectivity index (χ2n) is 8.02. The molecule has 0 saturated heterocycles. The van der Waals surface area contributed by atoms with Crippen molar-refractivity contribution in [3.05, 3.63) is 80.9 Å². The number of benzene rings is 2. The number of hydrogen-bond donors (Lipinski definition) is 2. The van der Waals surface area contributed by atoms with Crippen LogP contribution in [-0.2, 0) is 6.42 Å². The summed E-state index contributed by atoms with van der Waals surface area (Å²) in [5, 5.41) is 0.608. The topological polar surface area (TPSA) is 69.0 Å². The maximum Gasteiger partial charge on any atom is 0.270 e. The summed E-state index contributed by atoms with van der Waals surface area (Å²) in [6, 6.07) is 4.74. The van der Waals surface area contributed by atoms with Crippen LogP contribution in [0, 0.1) is 23.3 Å². The van der Waals surface area contributed by atoms with Crippen molar-refractivity contribution >= 4 is 27.6 Å². The summed E-state index contributed by atoms with van der Waals surface area (Å²) < 4.78 is 54.9. The zero-order chi connectivity index (χ0) is 22.7. The highest BCUT2D eigenvalue weighted by Crippen LogP contribution is 2.37. The summed E-state index contributed by atoms with van der Waals surface area (Å²) in [6.45, 7) is 0. The molecule has 1 atom stereocenters. The van der Waals surface area contributed by atoms with Gasteiger partial charge in [0.05, 0.1) is 11.4 Å². The van der Waals surface area contributed by atoms with E-state index in [1.54, 1.807) is 7.05 Å². The van der Waals surface area contributed by atoms with E-state index in [9.17, 15) is 27.2 Å². The molecule has 32 heavy (non-hydrogen) atoms. The molecule has 0 aliphatic heterocycles. The largest absolute Gasteiger partial charge is 0.350 e. The van der Waals surface area contributed by atoms with E-state index in [1.165, 1.54) is 11.0 Å². The van der Waals surface area contributed by atoms with Gasteiger partial charge in [-0.3, -0.25) is 9.59 Å². The molecule has 5 rings (SSSR count). The van der Waals surface area contributed by atoms with Gasteiger partial charge in [0.15, 0.2) is 23.3 Å². The van der Waals surface area contributed by atoms with E-state index in [1.807, 2.05) is 0 Å². The lowest BCUT2D eigenvalue weighted by atomic mass is 9.86. The van der Waals surface area contributed by atoms with Crippen molar-refractivity contribution < 1.29 is 22.4 Å². The molecule has 2 heterocycles. The smallest absolute Gasteiger partial charge is 0.270 e. The average Bonchev–Trinajstić information content (AvgIpc) is 3.16. The molecule has 4 aromatic rings. The molecule has 164 valence electrons. The summed E-state index contributed by atoms with van der Waals surface area (Å²) in [5.74, 6) is -4.70. The molecule has 1 aliphatic carbocycles. The molecule has 0 saturated carbocycles. The molecular formula is C23H17F4N3O2. The van der Waals surface area contributed by atoms with Crippen LogP contribution < -0.4 is 5.56 Å². The molecule has 0 bridgehead atoms. The number of halogens is 4. The molecule has 2 aromatic carbocycles. The number of fused-ring (bicyclic) bond motifs is 4. The number of aryl methyl sites for hydroxylation is 1. The molecule has 0 spiro atoms. The molecular weight excluding hydrogens is 426 g/mol. The SMILES string of the molecule is CN(C(=O)c1cc2cc(F)c(F)cc2[nH]1)[C@@H]1CCCc2[nH]c(=O)c3cc(F)c(F)cc3c21. The molecule has 5 nitrogen and oxygen atoms in total. The molecule has 1 amide bonds. The van der Waals surface area contributed by atoms with E-state index in [0.29, 0.717) is 35.9 Å². The number of rotatable bonds is 2. The predicted molar refractivity (Wildman–Crippen MR) is 110 cm³/mol. The molecule has 0 radical (unpaired) electrons. The van der Waals surface area contributed by atoms with Crippen LogP contribution in [0.1, 0.15) is 40.6 Å². The van der Waals surface area contributed by atoms with Crippen molar-refractivity contribution in [3.63, 3.8) is 0 Å². The van der Waals surface area contributed by atoms with Crippen LogP contribution in [0.5, 0.6) is 0 Å². The van der Waals surface area contributed by atoms with Crippen LogP contribution in [0.25, 0.3) is 21.7 Å². The van der Waals surface area contributed by atoms with Gasteiger partial charge >= 0.3 is 0 Å². The van der Waals surface area contributed by atoms with Crippen LogP contribution in [0.2, 0.25) is 0 Å². The fourth-order valence-electron chi connectivity index (χ4n) is 4.55. The number of nitrogens with one attached hydrogen (secondary N) is 2. The van der Waals surface area contributed by atoms with Gasteiger partial charge in [-0.2, -0.15) is 0 Å². The first-order valence-corrected chi connectivity index (χ1v) is 10.0. The van der Waals surface area contributed by atoms with E-state index < -0.39 is 40.8 Å². The van der Waals surface area contributed by atoms with E-state index >= 15 is 0 Å². The van der Waals surface area contributed by atoms with Crippen molar-refractivity contribution in [2.24, 2.45) is 0 Å². The third-order valence-electron chi connectivity index (χ3n) is 6.10. The zero-order valence-corrected chi connectivity index (χ0v) is 16.9. The Morgan fingerprint density at radius 2 is 1.59 bits per heavy atom. The highest BCUT2D eigenvalue weighted by molar-refractivity contribution is 5.98. The Morgan fingerprint density at radius 3 is 2.34 bits per heavy atom. The van der Waals surface area contributed by atoms with Crippen molar-refractivity contribution in [3.8, 4) is 0 Å². The minimum Gasteiger partial charge on any atom is -0.350 e. The maximum atomic E-state index is 14.1. The normalized spacial score (nSPS) is 15.8. The minimum absolute atomic E-state index is 0.00645. The lowest BCUT2D eigenvalue weighted by Gasteiger charge is -2.33. The third-order valence-corrected chi connectivity index (χ3v) is 6.10. The fraction of sp³-hybridized carbons (Fsp3) is 0.217. The average molecular weight is 443 g/mol. The summed E-state index contributed by atoms with van der Waals surface area (Å²) in [6.07, 6.45) is 1.74. The third kappa shape index (κ3) is 3.07. The number of H-pyrrole nitrogens is 2. The molecule has 2 N–H and O–H groups in total. The van der Waals surface area contributed by atoms with Gasteiger partial charge < -0.3 is 14.9 Å². The number of aromatic amines is 2. The van der Waals surface area contributed by atoms with E-state index in [4.69, 9.17) is 0 Å². The lowest BCUT2D eigenvalue weighted by molar-refractivity contribution is 0.0710. The standard InChI is InChI=1S/C23H17F4N3O2/c1-30(23(32)19-6-10-5-13(24)16(27)9-18(10)28-19)20-4-2-3-17-21(20)11-7-14(25)15(26)8-12(11)22(31)29-17/h5-9,20,28H,2-4H2,1H3,(H,29,31)/t20-/m1/s1. The van der Waals surface area contributed by atoms with Crippen LogP contribution in [-0.4, -0.2) is 27.8 Å². The Balaban J connectivity index is 1.61. The van der Waals surface area contributed by atoms with Crippen LogP contribution in [0.15, 0.2) is 35.1 Å². The maximum absolute atomic E-state index is 14.1. The number of amides is 1. The van der Waals surface area contributed by atoms with Gasteiger partial charge in [0.2, 0.25) is 0 Å². The van der Waals surface area contributed by atoms with Crippen molar-refractivity contribution in [2.45, 2.75) is 25.3 Å². The Kier molecular flexibility index (Phi) is 4.58.